The van der Waals surface area contributed by atoms with Crippen molar-refractivity contribution in [2.75, 3.05) is 11.1 Å². The minimum atomic E-state index is -0.592. The molecule has 0 amide bonds. The highest BCUT2D eigenvalue weighted by molar-refractivity contribution is 7.99. The monoisotopic (exact) mass is 372 g/mol. The maximum absolute atomic E-state index is 11.2. The molecule has 1 heterocycles. The number of nitrogens with one attached hydrogen (secondary N) is 1. The molecule has 1 N–H and O–H groups in total. The summed E-state index contributed by atoms with van der Waals surface area (Å²) in [6.45, 7) is 2.32. The molecule has 2 rings (SSSR count). The van der Waals surface area contributed by atoms with Crippen LogP contribution in [0, 0.1) is 10.1 Å². The van der Waals surface area contributed by atoms with Gasteiger partial charge in [-0.2, -0.15) is 4.98 Å². The first-order chi connectivity index (χ1) is 11.0. The Morgan fingerprint density at radius 1 is 1.30 bits per heavy atom. The van der Waals surface area contributed by atoms with E-state index in [9.17, 15) is 10.1 Å². The number of thioether (sulfide) groups is 1. The zero-order chi connectivity index (χ0) is 16.8. The minimum absolute atomic E-state index is 0.0912. The number of nitrogens with zero attached hydrogens (tertiary/aromatic N) is 3. The van der Waals surface area contributed by atoms with Crippen LogP contribution in [0.5, 0.6) is 0 Å². The van der Waals surface area contributed by atoms with Gasteiger partial charge in [0.1, 0.15) is 0 Å². The molecule has 23 heavy (non-hydrogen) atoms. The van der Waals surface area contributed by atoms with Crippen LogP contribution in [0.4, 0.5) is 11.5 Å². The fourth-order valence-electron chi connectivity index (χ4n) is 1.77. The van der Waals surface area contributed by atoms with Crippen LogP contribution >= 0.6 is 35.0 Å². The number of hydrogen-bond donors (Lipinski definition) is 1. The first-order valence-electron chi connectivity index (χ1n) is 6.85. The first kappa shape index (κ1) is 17.8. The average molecular weight is 373 g/mol. The second-order valence-corrected chi connectivity index (χ2v) is 6.37. The molecule has 1 aromatic heterocycles. The van der Waals surface area contributed by atoms with Gasteiger partial charge in [-0.05, 0) is 18.1 Å². The van der Waals surface area contributed by atoms with E-state index < -0.39 is 4.92 Å². The normalized spacial score (nSPS) is 10.6. The van der Waals surface area contributed by atoms with E-state index in [1.165, 1.54) is 11.8 Å². The lowest BCUT2D eigenvalue weighted by Crippen LogP contribution is -2.07. The van der Waals surface area contributed by atoms with Crippen LogP contribution in [-0.4, -0.2) is 20.6 Å². The van der Waals surface area contributed by atoms with Gasteiger partial charge in [0, 0.05) is 17.3 Å². The van der Waals surface area contributed by atoms with E-state index in [4.69, 9.17) is 23.2 Å². The van der Waals surface area contributed by atoms with Gasteiger partial charge in [0.25, 0.3) is 0 Å². The minimum Gasteiger partial charge on any atom is -0.360 e. The molecule has 0 aliphatic rings. The third kappa shape index (κ3) is 4.70. The molecule has 0 aliphatic heterocycles. The van der Waals surface area contributed by atoms with Crippen molar-refractivity contribution in [3.8, 4) is 0 Å². The van der Waals surface area contributed by atoms with E-state index in [2.05, 4.69) is 15.3 Å². The molecule has 9 heteroatoms. The molecule has 0 saturated carbocycles. The van der Waals surface area contributed by atoms with Crippen molar-refractivity contribution >= 4 is 46.5 Å². The van der Waals surface area contributed by atoms with Crippen molar-refractivity contribution in [2.45, 2.75) is 25.0 Å². The van der Waals surface area contributed by atoms with Gasteiger partial charge in [0.15, 0.2) is 5.16 Å². The summed E-state index contributed by atoms with van der Waals surface area (Å²) in [4.78, 5) is 18.8. The van der Waals surface area contributed by atoms with E-state index in [0.29, 0.717) is 16.7 Å². The van der Waals surface area contributed by atoms with Crippen LogP contribution in [0.3, 0.4) is 0 Å². The maximum Gasteiger partial charge on any atom is 0.348 e. The molecule has 1 aromatic carbocycles. The molecule has 122 valence electrons. The number of hydrogen-bond acceptors (Lipinski definition) is 6. The summed E-state index contributed by atoms with van der Waals surface area (Å²) in [5.41, 5.74) is 0.473. The van der Waals surface area contributed by atoms with E-state index in [-0.39, 0.29) is 16.7 Å². The molecule has 6 nitrogen and oxygen atoms in total. The molecule has 2 aromatic rings. The highest BCUT2D eigenvalue weighted by atomic mass is 35.5. The Bertz CT molecular complexity index is 715. The molecule has 0 unspecified atom stereocenters. The van der Waals surface area contributed by atoms with Crippen molar-refractivity contribution in [3.05, 3.63) is 50.1 Å². The number of halogens is 2. The summed E-state index contributed by atoms with van der Waals surface area (Å²) in [7, 11) is 0. The molecular formula is C14H14Cl2N4O2S. The summed E-state index contributed by atoms with van der Waals surface area (Å²) in [5, 5.41) is 15.0. The molecule has 0 aliphatic carbocycles. The lowest BCUT2D eigenvalue weighted by atomic mass is 10.2. The average Bonchev–Trinajstić information content (AvgIpc) is 2.51. The van der Waals surface area contributed by atoms with E-state index >= 15 is 0 Å². The number of aromatic nitrogens is 2. The van der Waals surface area contributed by atoms with Crippen molar-refractivity contribution in [3.63, 3.8) is 0 Å². The molecule has 0 radical (unpaired) electrons. The Kier molecular flexibility index (Phi) is 6.44. The summed E-state index contributed by atoms with van der Waals surface area (Å²) in [6, 6.07) is 7.24. The zero-order valence-corrected chi connectivity index (χ0v) is 14.6. The summed E-state index contributed by atoms with van der Waals surface area (Å²) < 4.78 is 0. The highest BCUT2D eigenvalue weighted by Crippen LogP contribution is 2.32. The largest absolute Gasteiger partial charge is 0.360 e. The van der Waals surface area contributed by atoms with E-state index in [1.807, 2.05) is 25.1 Å². The second-order valence-electron chi connectivity index (χ2n) is 4.54. The lowest BCUT2D eigenvalue weighted by Gasteiger charge is -2.09. The predicted molar refractivity (Wildman–Crippen MR) is 93.5 cm³/mol. The zero-order valence-electron chi connectivity index (χ0n) is 12.3. The van der Waals surface area contributed by atoms with Crippen molar-refractivity contribution in [2.24, 2.45) is 0 Å². The van der Waals surface area contributed by atoms with Crippen molar-refractivity contribution < 1.29 is 4.92 Å². The third-order valence-electron chi connectivity index (χ3n) is 2.84. The van der Waals surface area contributed by atoms with Crippen LogP contribution in [0.2, 0.25) is 10.2 Å². The molecule has 0 saturated heterocycles. The van der Waals surface area contributed by atoms with Crippen LogP contribution in [0.25, 0.3) is 0 Å². The topological polar surface area (TPSA) is 81.0 Å². The standard InChI is InChI=1S/C14H14Cl2N4O2S/c1-2-7-23-14-18-12(16)11(20(21)22)13(19-14)17-8-9-5-3-4-6-10(9)15/h3-6H,2,7-8H2,1H3,(H,17,18,19). The Balaban J connectivity index is 2.29. The molecule has 0 spiro atoms. The van der Waals surface area contributed by atoms with E-state index in [0.717, 1.165) is 17.7 Å². The Hall–Kier alpha value is -1.57. The van der Waals surface area contributed by atoms with Crippen LogP contribution in [-0.2, 0) is 6.54 Å². The van der Waals surface area contributed by atoms with Crippen LogP contribution in [0.1, 0.15) is 18.9 Å². The second kappa shape index (κ2) is 8.33. The number of nitro groups is 1. The maximum atomic E-state index is 11.2. The lowest BCUT2D eigenvalue weighted by molar-refractivity contribution is -0.384. The fraction of sp³-hybridized carbons (Fsp3) is 0.286. The smallest absolute Gasteiger partial charge is 0.348 e. The quantitative estimate of drug-likeness (QED) is 0.247. The van der Waals surface area contributed by atoms with Gasteiger partial charge in [0.05, 0.1) is 4.92 Å². The van der Waals surface area contributed by atoms with Gasteiger partial charge in [-0.1, -0.05) is 60.1 Å². The SMILES string of the molecule is CCCSc1nc(Cl)c([N+](=O)[O-])c(NCc2ccccc2Cl)n1. The van der Waals surface area contributed by atoms with Crippen molar-refractivity contribution in [1.29, 1.82) is 0 Å². The Labute approximate surface area is 147 Å². The van der Waals surface area contributed by atoms with Gasteiger partial charge in [0.2, 0.25) is 11.0 Å². The van der Waals surface area contributed by atoms with Gasteiger partial charge >= 0.3 is 5.69 Å². The van der Waals surface area contributed by atoms with E-state index in [1.54, 1.807) is 6.07 Å². The summed E-state index contributed by atoms with van der Waals surface area (Å²) >= 11 is 13.4. The summed E-state index contributed by atoms with van der Waals surface area (Å²) in [5.74, 6) is 0.895. The molecular weight excluding hydrogens is 359 g/mol. The summed E-state index contributed by atoms with van der Waals surface area (Å²) in [6.07, 6.45) is 0.936. The van der Waals surface area contributed by atoms with Gasteiger partial charge in [-0.3, -0.25) is 10.1 Å². The number of rotatable bonds is 7. The van der Waals surface area contributed by atoms with Gasteiger partial charge < -0.3 is 5.32 Å². The van der Waals surface area contributed by atoms with Gasteiger partial charge in [-0.25, -0.2) is 4.98 Å². The fourth-order valence-corrected chi connectivity index (χ4v) is 2.96. The predicted octanol–water partition coefficient (Wildman–Crippen LogP) is 4.81. The van der Waals surface area contributed by atoms with Gasteiger partial charge in [-0.15, -0.1) is 0 Å². The van der Waals surface area contributed by atoms with Crippen LogP contribution < -0.4 is 5.32 Å². The highest BCUT2D eigenvalue weighted by Gasteiger charge is 2.23. The first-order valence-corrected chi connectivity index (χ1v) is 8.59. The van der Waals surface area contributed by atoms with Crippen LogP contribution in [0.15, 0.2) is 29.4 Å². The Morgan fingerprint density at radius 2 is 2.04 bits per heavy atom. The number of benzene rings is 1. The number of anilines is 1. The van der Waals surface area contributed by atoms with Crippen molar-refractivity contribution in [1.82, 2.24) is 9.97 Å². The molecule has 0 bridgehead atoms. The molecule has 0 fully saturated rings. The third-order valence-corrected chi connectivity index (χ3v) is 4.53. The molecule has 0 atom stereocenters. The Morgan fingerprint density at radius 3 is 2.70 bits per heavy atom.